The van der Waals surface area contributed by atoms with Crippen molar-refractivity contribution in [3.05, 3.63) is 46.7 Å². The fourth-order valence-electron chi connectivity index (χ4n) is 1.36. The predicted molar refractivity (Wildman–Crippen MR) is 61.7 cm³/mol. The van der Waals surface area contributed by atoms with Crippen LogP contribution >= 0.6 is 0 Å². The molecule has 7 nitrogen and oxygen atoms in total. The molecule has 2 rings (SSSR count). The highest BCUT2D eigenvalue weighted by Crippen LogP contribution is 2.11. The maximum Gasteiger partial charge on any atom is 0.363 e. The van der Waals surface area contributed by atoms with Gasteiger partial charge in [0.15, 0.2) is 6.20 Å². The highest BCUT2D eigenvalue weighted by molar-refractivity contribution is 5.43. The van der Waals surface area contributed by atoms with E-state index in [9.17, 15) is 10.1 Å². The monoisotopic (exact) mass is 233 g/mol. The molecule has 2 aromatic rings. The molecule has 0 saturated heterocycles. The Kier molecular flexibility index (Phi) is 3.29. The van der Waals surface area contributed by atoms with Gasteiger partial charge in [-0.1, -0.05) is 0 Å². The molecule has 17 heavy (non-hydrogen) atoms. The van der Waals surface area contributed by atoms with E-state index in [4.69, 9.17) is 0 Å². The third kappa shape index (κ3) is 3.00. The Bertz CT molecular complexity index is 480. The summed E-state index contributed by atoms with van der Waals surface area (Å²) >= 11 is 0. The minimum Gasteiger partial charge on any atom is -0.382 e. The lowest BCUT2D eigenvalue weighted by Gasteiger charge is -2.02. The zero-order chi connectivity index (χ0) is 12.1. The number of aromatic amines is 1. The van der Waals surface area contributed by atoms with Crippen LogP contribution in [-0.4, -0.2) is 26.4 Å². The highest BCUT2D eigenvalue weighted by Gasteiger charge is 2.05. The molecule has 0 aromatic carbocycles. The fourth-order valence-corrected chi connectivity index (χ4v) is 1.36. The van der Waals surface area contributed by atoms with Crippen LogP contribution in [-0.2, 0) is 6.42 Å². The van der Waals surface area contributed by atoms with Crippen molar-refractivity contribution in [1.29, 1.82) is 0 Å². The van der Waals surface area contributed by atoms with E-state index < -0.39 is 4.92 Å². The topological polar surface area (TPSA) is 96.7 Å². The van der Waals surface area contributed by atoms with Gasteiger partial charge in [-0.3, -0.25) is 0 Å². The molecule has 0 bridgehead atoms. The molecule has 88 valence electrons. The van der Waals surface area contributed by atoms with Gasteiger partial charge in [0.2, 0.25) is 0 Å². The molecule has 0 aliphatic carbocycles. The van der Waals surface area contributed by atoms with Crippen LogP contribution in [0.1, 0.15) is 5.69 Å². The van der Waals surface area contributed by atoms with Crippen LogP contribution in [0.5, 0.6) is 0 Å². The van der Waals surface area contributed by atoms with Crippen molar-refractivity contribution >= 4 is 11.5 Å². The lowest BCUT2D eigenvalue weighted by atomic mass is 10.3. The first kappa shape index (κ1) is 11.1. The van der Waals surface area contributed by atoms with Gasteiger partial charge in [0.05, 0.1) is 12.0 Å². The van der Waals surface area contributed by atoms with Gasteiger partial charge in [-0.25, -0.2) is 4.98 Å². The molecule has 0 aliphatic heterocycles. The van der Waals surface area contributed by atoms with Crippen molar-refractivity contribution in [2.75, 3.05) is 11.9 Å². The summed E-state index contributed by atoms with van der Waals surface area (Å²) in [4.78, 5) is 20.5. The van der Waals surface area contributed by atoms with Crippen LogP contribution in [0, 0.1) is 10.1 Å². The molecule has 0 saturated carbocycles. The van der Waals surface area contributed by atoms with Gasteiger partial charge >= 0.3 is 5.82 Å². The van der Waals surface area contributed by atoms with E-state index in [0.717, 1.165) is 17.8 Å². The maximum atomic E-state index is 10.4. The standard InChI is InChI=1S/C10H11N5O2/c16-15(17)10-2-1-8(6-13-10)12-4-3-9-5-11-7-14-9/h1-2,5-7,12H,3-4H2,(H,11,14). The smallest absolute Gasteiger partial charge is 0.363 e. The highest BCUT2D eigenvalue weighted by atomic mass is 16.6. The number of hydrogen-bond donors (Lipinski definition) is 2. The van der Waals surface area contributed by atoms with Crippen molar-refractivity contribution in [1.82, 2.24) is 15.0 Å². The zero-order valence-electron chi connectivity index (χ0n) is 8.96. The van der Waals surface area contributed by atoms with E-state index in [-0.39, 0.29) is 5.82 Å². The first-order chi connectivity index (χ1) is 8.25. The molecular weight excluding hydrogens is 222 g/mol. The lowest BCUT2D eigenvalue weighted by Crippen LogP contribution is -2.05. The summed E-state index contributed by atoms with van der Waals surface area (Å²) in [6.07, 6.45) is 5.64. The summed E-state index contributed by atoms with van der Waals surface area (Å²) in [6, 6.07) is 3.01. The molecule has 0 aliphatic rings. The van der Waals surface area contributed by atoms with Crippen LogP contribution < -0.4 is 5.32 Å². The number of hydrogen-bond acceptors (Lipinski definition) is 5. The van der Waals surface area contributed by atoms with Crippen LogP contribution in [0.15, 0.2) is 30.9 Å². The molecule has 0 unspecified atom stereocenters. The van der Waals surface area contributed by atoms with E-state index in [1.165, 1.54) is 12.3 Å². The average Bonchev–Trinajstić information content (AvgIpc) is 2.83. The minimum absolute atomic E-state index is 0.149. The Morgan fingerprint density at radius 1 is 1.41 bits per heavy atom. The lowest BCUT2D eigenvalue weighted by molar-refractivity contribution is -0.389. The zero-order valence-corrected chi connectivity index (χ0v) is 8.96. The van der Waals surface area contributed by atoms with E-state index >= 15 is 0 Å². The second-order valence-corrected chi connectivity index (χ2v) is 3.42. The van der Waals surface area contributed by atoms with Crippen LogP contribution in [0.3, 0.4) is 0 Å². The number of rotatable bonds is 5. The number of imidazole rings is 1. The summed E-state index contributed by atoms with van der Waals surface area (Å²) in [5.74, 6) is -0.149. The molecule has 0 fully saturated rings. The molecule has 2 N–H and O–H groups in total. The Morgan fingerprint density at radius 2 is 2.29 bits per heavy atom. The first-order valence-electron chi connectivity index (χ1n) is 5.07. The van der Waals surface area contributed by atoms with Gasteiger partial charge in [0.25, 0.3) is 0 Å². The predicted octanol–water partition coefficient (Wildman–Crippen LogP) is 1.37. The van der Waals surface area contributed by atoms with Crippen LogP contribution in [0.25, 0.3) is 0 Å². The second kappa shape index (κ2) is 5.06. The maximum absolute atomic E-state index is 10.4. The van der Waals surface area contributed by atoms with Crippen LogP contribution in [0.4, 0.5) is 11.5 Å². The van der Waals surface area contributed by atoms with Gasteiger partial charge in [-0.2, -0.15) is 0 Å². The number of pyridine rings is 1. The van der Waals surface area contributed by atoms with Crippen LogP contribution in [0.2, 0.25) is 0 Å². The molecule has 7 heteroatoms. The molecule has 0 radical (unpaired) electrons. The molecule has 0 spiro atoms. The summed E-state index contributed by atoms with van der Waals surface area (Å²) < 4.78 is 0. The quantitative estimate of drug-likeness (QED) is 0.600. The van der Waals surface area contributed by atoms with Crippen molar-refractivity contribution < 1.29 is 4.92 Å². The third-order valence-electron chi connectivity index (χ3n) is 2.21. The summed E-state index contributed by atoms with van der Waals surface area (Å²) in [5.41, 5.74) is 1.79. The Labute approximate surface area is 97.1 Å². The van der Waals surface area contributed by atoms with E-state index in [2.05, 4.69) is 20.3 Å². The molecule has 0 atom stereocenters. The minimum atomic E-state index is -0.519. The number of anilines is 1. The number of aromatic nitrogens is 3. The van der Waals surface area contributed by atoms with E-state index in [1.807, 2.05) is 0 Å². The van der Waals surface area contributed by atoms with Crippen molar-refractivity contribution in [3.63, 3.8) is 0 Å². The van der Waals surface area contributed by atoms with Crippen molar-refractivity contribution in [2.45, 2.75) is 6.42 Å². The number of nitro groups is 1. The van der Waals surface area contributed by atoms with Gasteiger partial charge in [-0.05, 0) is 16.0 Å². The molecular formula is C10H11N5O2. The normalized spacial score (nSPS) is 10.1. The third-order valence-corrected chi connectivity index (χ3v) is 2.21. The number of H-pyrrole nitrogens is 1. The van der Waals surface area contributed by atoms with Gasteiger partial charge in [-0.15, -0.1) is 0 Å². The fraction of sp³-hybridized carbons (Fsp3) is 0.200. The van der Waals surface area contributed by atoms with Gasteiger partial charge < -0.3 is 20.4 Å². The Morgan fingerprint density at radius 3 is 2.88 bits per heavy atom. The summed E-state index contributed by atoms with van der Waals surface area (Å²) in [7, 11) is 0. The SMILES string of the molecule is O=[N+]([O-])c1ccc(NCCc2cnc[nH]2)cn1. The molecule has 2 aromatic heterocycles. The van der Waals surface area contributed by atoms with Crippen molar-refractivity contribution in [2.24, 2.45) is 0 Å². The summed E-state index contributed by atoms with van der Waals surface area (Å²) in [6.45, 7) is 0.710. The number of nitrogens with one attached hydrogen (secondary N) is 2. The van der Waals surface area contributed by atoms with Gasteiger partial charge in [0, 0.05) is 30.9 Å². The Hall–Kier alpha value is -2.44. The molecule has 0 amide bonds. The average molecular weight is 233 g/mol. The van der Waals surface area contributed by atoms with Gasteiger partial charge in [0.1, 0.15) is 0 Å². The van der Waals surface area contributed by atoms with E-state index in [1.54, 1.807) is 18.6 Å². The first-order valence-corrected chi connectivity index (χ1v) is 5.07. The number of nitrogens with zero attached hydrogens (tertiary/aromatic N) is 3. The molecule has 2 heterocycles. The largest absolute Gasteiger partial charge is 0.382 e. The van der Waals surface area contributed by atoms with Crippen molar-refractivity contribution in [3.8, 4) is 0 Å². The second-order valence-electron chi connectivity index (χ2n) is 3.42. The van der Waals surface area contributed by atoms with E-state index in [0.29, 0.717) is 6.54 Å². The summed E-state index contributed by atoms with van der Waals surface area (Å²) in [5, 5.41) is 13.5. The Balaban J connectivity index is 1.85.